The fourth-order valence-corrected chi connectivity index (χ4v) is 3.17. The molecule has 0 aliphatic heterocycles. The molecule has 4 heteroatoms. The van der Waals surface area contributed by atoms with Gasteiger partial charge in [0, 0.05) is 23.0 Å². The van der Waals surface area contributed by atoms with Gasteiger partial charge in [0.25, 0.3) is 0 Å². The van der Waals surface area contributed by atoms with Crippen LogP contribution in [0.3, 0.4) is 0 Å². The minimum atomic E-state index is 0.129. The first-order valence-corrected chi connectivity index (χ1v) is 8.02. The highest BCUT2D eigenvalue weighted by molar-refractivity contribution is 7.09. The summed E-state index contributed by atoms with van der Waals surface area (Å²) >= 11 is 1.82. The highest BCUT2D eigenvalue weighted by Crippen LogP contribution is 2.17. The van der Waals surface area contributed by atoms with Crippen molar-refractivity contribution in [2.24, 2.45) is 5.73 Å². The van der Waals surface area contributed by atoms with Crippen LogP contribution in [0.15, 0.2) is 35.7 Å². The van der Waals surface area contributed by atoms with Crippen molar-refractivity contribution in [2.75, 3.05) is 7.05 Å². The quantitative estimate of drug-likeness (QED) is 0.634. The van der Waals surface area contributed by atoms with Crippen LogP contribution in [-0.2, 0) is 13.0 Å². The van der Waals surface area contributed by atoms with Crippen LogP contribution in [0.5, 0.6) is 0 Å². The fraction of sp³-hybridized carbons (Fsp3) is 0.353. The molecule has 3 nitrogen and oxygen atoms in total. The van der Waals surface area contributed by atoms with E-state index in [1.807, 2.05) is 23.5 Å². The first-order chi connectivity index (χ1) is 9.97. The number of hydrogen-bond donors (Lipinski definition) is 2. The molecule has 2 rings (SSSR count). The third kappa shape index (κ3) is 4.16. The van der Waals surface area contributed by atoms with Crippen LogP contribution in [-0.4, -0.2) is 23.8 Å². The van der Waals surface area contributed by atoms with Crippen LogP contribution < -0.4 is 5.73 Å². The summed E-state index contributed by atoms with van der Waals surface area (Å²) in [5.41, 5.74) is 8.81. The Morgan fingerprint density at radius 3 is 2.71 bits per heavy atom. The van der Waals surface area contributed by atoms with Crippen LogP contribution in [0.4, 0.5) is 0 Å². The largest absolute Gasteiger partial charge is 0.384 e. The van der Waals surface area contributed by atoms with Crippen LogP contribution in [0.2, 0.25) is 0 Å². The lowest BCUT2D eigenvalue weighted by Gasteiger charge is -2.25. The molecule has 0 bridgehead atoms. The summed E-state index contributed by atoms with van der Waals surface area (Å²) in [6, 6.07) is 10.8. The molecule has 2 aromatic rings. The predicted octanol–water partition coefficient (Wildman–Crippen LogP) is 3.40. The smallest absolute Gasteiger partial charge is 0.122 e. The van der Waals surface area contributed by atoms with E-state index in [0.717, 1.165) is 18.5 Å². The normalized spacial score (nSPS) is 12.6. The number of thiophene rings is 1. The number of aryl methyl sites for hydroxylation is 1. The number of hydrogen-bond acceptors (Lipinski definition) is 3. The van der Waals surface area contributed by atoms with Gasteiger partial charge in [-0.25, -0.2) is 0 Å². The van der Waals surface area contributed by atoms with Crippen molar-refractivity contribution >= 4 is 17.2 Å². The molecule has 1 aromatic carbocycles. The van der Waals surface area contributed by atoms with Crippen molar-refractivity contribution in [2.45, 2.75) is 32.9 Å². The minimum Gasteiger partial charge on any atom is -0.384 e. The van der Waals surface area contributed by atoms with E-state index in [9.17, 15) is 0 Å². The van der Waals surface area contributed by atoms with Gasteiger partial charge in [0.2, 0.25) is 0 Å². The maximum atomic E-state index is 7.49. The number of nitrogens with two attached hydrogens (primary N) is 1. The van der Waals surface area contributed by atoms with E-state index in [4.69, 9.17) is 11.1 Å². The van der Waals surface area contributed by atoms with E-state index < -0.39 is 0 Å². The van der Waals surface area contributed by atoms with E-state index in [1.54, 1.807) is 0 Å². The van der Waals surface area contributed by atoms with Crippen molar-refractivity contribution in [1.29, 1.82) is 5.41 Å². The Labute approximate surface area is 130 Å². The minimum absolute atomic E-state index is 0.129. The molecule has 1 unspecified atom stereocenters. The zero-order chi connectivity index (χ0) is 15.4. The van der Waals surface area contributed by atoms with Crippen molar-refractivity contribution in [3.05, 3.63) is 57.3 Å². The van der Waals surface area contributed by atoms with Crippen LogP contribution in [0.1, 0.15) is 28.5 Å². The molecule has 1 atom stereocenters. The zero-order valence-corrected chi connectivity index (χ0v) is 13.7. The van der Waals surface area contributed by atoms with Gasteiger partial charge in [-0.2, -0.15) is 0 Å². The standard InChI is InChI=1S/C17H23N3S/c1-12-9-14(17(18)19)6-7-15(12)11-20(3)13(2)10-16-5-4-8-21-16/h4-9,13H,10-11H2,1-3H3,(H3,18,19). The van der Waals surface area contributed by atoms with E-state index in [2.05, 4.69) is 49.4 Å². The molecule has 1 heterocycles. The average molecular weight is 301 g/mol. The van der Waals surface area contributed by atoms with Crippen molar-refractivity contribution in [1.82, 2.24) is 4.90 Å². The molecular weight excluding hydrogens is 278 g/mol. The van der Waals surface area contributed by atoms with Crippen LogP contribution >= 0.6 is 11.3 Å². The van der Waals surface area contributed by atoms with Gasteiger partial charge in [-0.15, -0.1) is 11.3 Å². The molecular formula is C17H23N3S. The molecule has 0 aliphatic rings. The highest BCUT2D eigenvalue weighted by atomic mass is 32.1. The zero-order valence-electron chi connectivity index (χ0n) is 12.9. The number of nitrogens with one attached hydrogen (secondary N) is 1. The summed E-state index contributed by atoms with van der Waals surface area (Å²) in [6.45, 7) is 5.26. The van der Waals surface area contributed by atoms with Gasteiger partial charge < -0.3 is 5.73 Å². The second kappa shape index (κ2) is 6.87. The van der Waals surface area contributed by atoms with Gasteiger partial charge in [0.1, 0.15) is 5.84 Å². The Hall–Kier alpha value is -1.65. The number of rotatable bonds is 6. The molecule has 21 heavy (non-hydrogen) atoms. The Balaban J connectivity index is 2.01. The molecule has 0 saturated carbocycles. The van der Waals surface area contributed by atoms with E-state index in [1.165, 1.54) is 16.0 Å². The lowest BCUT2D eigenvalue weighted by atomic mass is 10.0. The summed E-state index contributed by atoms with van der Waals surface area (Å²) in [6.07, 6.45) is 1.08. The lowest BCUT2D eigenvalue weighted by Crippen LogP contribution is -2.30. The topological polar surface area (TPSA) is 53.1 Å². The van der Waals surface area contributed by atoms with E-state index in [0.29, 0.717) is 6.04 Å². The number of benzene rings is 1. The monoisotopic (exact) mass is 301 g/mol. The second-order valence-electron chi connectivity index (χ2n) is 5.60. The molecule has 0 spiro atoms. The van der Waals surface area contributed by atoms with Crippen molar-refractivity contribution in [3.8, 4) is 0 Å². The molecule has 0 saturated heterocycles. The van der Waals surface area contributed by atoms with Gasteiger partial charge in [0.15, 0.2) is 0 Å². The van der Waals surface area contributed by atoms with E-state index in [-0.39, 0.29) is 5.84 Å². The maximum absolute atomic E-state index is 7.49. The SMILES string of the molecule is Cc1cc(C(=N)N)ccc1CN(C)C(C)Cc1cccs1. The molecule has 0 fully saturated rings. The Morgan fingerprint density at radius 1 is 1.38 bits per heavy atom. The fourth-order valence-electron chi connectivity index (χ4n) is 2.34. The lowest BCUT2D eigenvalue weighted by molar-refractivity contribution is 0.248. The number of likely N-dealkylation sites (N-methyl/N-ethyl adjacent to an activating group) is 1. The third-order valence-corrected chi connectivity index (χ3v) is 4.80. The number of nitrogen functional groups attached to an aromatic ring is 1. The van der Waals surface area contributed by atoms with Gasteiger partial charge in [-0.05, 0) is 56.0 Å². The summed E-state index contributed by atoms with van der Waals surface area (Å²) in [7, 11) is 2.16. The average Bonchev–Trinajstić information content (AvgIpc) is 2.93. The van der Waals surface area contributed by atoms with Crippen LogP contribution in [0.25, 0.3) is 0 Å². The van der Waals surface area contributed by atoms with Crippen LogP contribution in [0, 0.1) is 12.3 Å². The second-order valence-corrected chi connectivity index (χ2v) is 6.63. The van der Waals surface area contributed by atoms with Crippen molar-refractivity contribution in [3.63, 3.8) is 0 Å². The number of amidine groups is 1. The predicted molar refractivity (Wildman–Crippen MR) is 91.1 cm³/mol. The maximum Gasteiger partial charge on any atom is 0.122 e. The number of nitrogens with zero attached hydrogens (tertiary/aromatic N) is 1. The molecule has 0 radical (unpaired) electrons. The first-order valence-electron chi connectivity index (χ1n) is 7.14. The first kappa shape index (κ1) is 15.7. The molecule has 1 aromatic heterocycles. The van der Waals surface area contributed by atoms with Gasteiger partial charge in [0.05, 0.1) is 0 Å². The van der Waals surface area contributed by atoms with Crippen molar-refractivity contribution < 1.29 is 0 Å². The van der Waals surface area contributed by atoms with Gasteiger partial charge in [-0.1, -0.05) is 18.2 Å². The Morgan fingerprint density at radius 2 is 2.14 bits per heavy atom. The van der Waals surface area contributed by atoms with Gasteiger partial charge >= 0.3 is 0 Å². The summed E-state index contributed by atoms with van der Waals surface area (Å²) in [4.78, 5) is 3.80. The molecule has 0 amide bonds. The van der Waals surface area contributed by atoms with E-state index >= 15 is 0 Å². The third-order valence-electron chi connectivity index (χ3n) is 3.90. The van der Waals surface area contributed by atoms with Gasteiger partial charge in [-0.3, -0.25) is 10.3 Å². The Kier molecular flexibility index (Phi) is 5.15. The summed E-state index contributed by atoms with van der Waals surface area (Å²) in [5, 5.41) is 9.62. The summed E-state index contributed by atoms with van der Waals surface area (Å²) in [5.74, 6) is 0.129. The molecule has 3 N–H and O–H groups in total. The molecule has 112 valence electrons. The summed E-state index contributed by atoms with van der Waals surface area (Å²) < 4.78 is 0. The molecule has 0 aliphatic carbocycles. The highest BCUT2D eigenvalue weighted by Gasteiger charge is 2.12. The Bertz CT molecular complexity index is 605.